The van der Waals surface area contributed by atoms with Gasteiger partial charge in [-0.25, -0.2) is 0 Å². The molecule has 0 fully saturated rings. The number of ether oxygens (including phenoxy) is 1. The van der Waals surface area contributed by atoms with Gasteiger partial charge in [0, 0.05) is 42.6 Å². The van der Waals surface area contributed by atoms with Gasteiger partial charge in [0.1, 0.15) is 11.4 Å². The SMILES string of the molecule is CN=C(NCCc1nc(-c2ccc(Cl)cc2)no1)NC1CC(C)(C)Oc2ccccc21.I. The number of nitrogens with zero attached hydrogens (tertiary/aromatic N) is 3. The lowest BCUT2D eigenvalue weighted by Gasteiger charge is -2.38. The number of benzene rings is 2. The van der Waals surface area contributed by atoms with Crippen molar-refractivity contribution in [2.24, 2.45) is 4.99 Å². The number of halogens is 2. The van der Waals surface area contributed by atoms with Gasteiger partial charge in [0.25, 0.3) is 0 Å². The summed E-state index contributed by atoms with van der Waals surface area (Å²) in [4.78, 5) is 8.83. The summed E-state index contributed by atoms with van der Waals surface area (Å²) in [6.07, 6.45) is 1.41. The van der Waals surface area contributed by atoms with E-state index in [1.54, 1.807) is 19.2 Å². The number of nitrogens with one attached hydrogen (secondary N) is 2. The van der Waals surface area contributed by atoms with Crippen molar-refractivity contribution in [2.75, 3.05) is 13.6 Å². The van der Waals surface area contributed by atoms with Gasteiger partial charge in [-0.2, -0.15) is 4.98 Å². The Morgan fingerprint density at radius 2 is 1.94 bits per heavy atom. The zero-order chi connectivity index (χ0) is 21.8. The number of rotatable bonds is 5. The van der Waals surface area contributed by atoms with Crippen LogP contribution in [-0.2, 0) is 6.42 Å². The topological polar surface area (TPSA) is 84.6 Å². The Labute approximate surface area is 210 Å². The molecule has 7 nitrogen and oxygen atoms in total. The molecule has 9 heteroatoms. The van der Waals surface area contributed by atoms with Crippen molar-refractivity contribution in [1.82, 2.24) is 20.8 Å². The van der Waals surface area contributed by atoms with E-state index in [4.69, 9.17) is 20.9 Å². The fourth-order valence-electron chi connectivity index (χ4n) is 3.65. The van der Waals surface area contributed by atoms with Crippen LogP contribution < -0.4 is 15.4 Å². The first-order chi connectivity index (χ1) is 14.9. The maximum atomic E-state index is 6.11. The summed E-state index contributed by atoms with van der Waals surface area (Å²) in [5, 5.41) is 11.6. The summed E-state index contributed by atoms with van der Waals surface area (Å²) in [6.45, 7) is 4.81. The summed E-state index contributed by atoms with van der Waals surface area (Å²) in [6, 6.07) is 15.6. The third kappa shape index (κ3) is 5.92. The lowest BCUT2D eigenvalue weighted by molar-refractivity contribution is 0.0694. The molecule has 0 aliphatic carbocycles. The molecule has 32 heavy (non-hydrogen) atoms. The van der Waals surface area contributed by atoms with Gasteiger partial charge in [-0.1, -0.05) is 35.0 Å². The third-order valence-corrected chi connectivity index (χ3v) is 5.36. The van der Waals surface area contributed by atoms with Crippen molar-refractivity contribution in [3.8, 4) is 17.1 Å². The number of para-hydroxylation sites is 1. The van der Waals surface area contributed by atoms with Crippen LogP contribution in [0.5, 0.6) is 5.75 Å². The molecule has 0 amide bonds. The van der Waals surface area contributed by atoms with E-state index in [1.165, 1.54) is 0 Å². The Morgan fingerprint density at radius 3 is 2.69 bits per heavy atom. The number of fused-ring (bicyclic) bond motifs is 1. The molecule has 0 bridgehead atoms. The van der Waals surface area contributed by atoms with E-state index >= 15 is 0 Å². The second-order valence-electron chi connectivity index (χ2n) is 8.07. The normalized spacial score (nSPS) is 17.0. The fraction of sp³-hybridized carbons (Fsp3) is 0.348. The quantitative estimate of drug-likeness (QED) is 0.256. The van der Waals surface area contributed by atoms with E-state index in [2.05, 4.69) is 45.7 Å². The minimum atomic E-state index is -0.257. The molecule has 170 valence electrons. The predicted octanol–water partition coefficient (Wildman–Crippen LogP) is 5.02. The largest absolute Gasteiger partial charge is 0.487 e. The van der Waals surface area contributed by atoms with Gasteiger partial charge in [0.15, 0.2) is 5.96 Å². The first-order valence-electron chi connectivity index (χ1n) is 10.3. The summed E-state index contributed by atoms with van der Waals surface area (Å²) in [7, 11) is 1.76. The Hall–Kier alpha value is -2.33. The molecule has 0 radical (unpaired) electrons. The number of hydrogen-bond acceptors (Lipinski definition) is 5. The van der Waals surface area contributed by atoms with Gasteiger partial charge < -0.3 is 19.9 Å². The zero-order valence-electron chi connectivity index (χ0n) is 18.3. The van der Waals surface area contributed by atoms with Crippen molar-refractivity contribution in [2.45, 2.75) is 38.3 Å². The van der Waals surface area contributed by atoms with Gasteiger partial charge in [0.05, 0.1) is 6.04 Å². The Balaban J connectivity index is 0.00000289. The highest BCUT2D eigenvalue weighted by Gasteiger charge is 2.33. The molecule has 1 unspecified atom stereocenters. The third-order valence-electron chi connectivity index (χ3n) is 5.11. The highest BCUT2D eigenvalue weighted by atomic mass is 127. The van der Waals surface area contributed by atoms with E-state index in [9.17, 15) is 0 Å². The summed E-state index contributed by atoms with van der Waals surface area (Å²) >= 11 is 5.93. The maximum absolute atomic E-state index is 6.11. The highest BCUT2D eigenvalue weighted by molar-refractivity contribution is 14.0. The van der Waals surface area contributed by atoms with Gasteiger partial charge in [-0.05, 0) is 44.2 Å². The second kappa shape index (κ2) is 10.5. The van der Waals surface area contributed by atoms with E-state index in [-0.39, 0.29) is 35.6 Å². The van der Waals surface area contributed by atoms with E-state index < -0.39 is 0 Å². The first kappa shape index (κ1) is 24.3. The number of guanidine groups is 1. The maximum Gasteiger partial charge on any atom is 0.228 e. The van der Waals surface area contributed by atoms with Crippen molar-refractivity contribution in [3.05, 3.63) is 65.0 Å². The average Bonchev–Trinajstić information content (AvgIpc) is 3.21. The molecular formula is C23H27ClIN5O2. The van der Waals surface area contributed by atoms with Gasteiger partial charge in [-0.3, -0.25) is 4.99 Å². The second-order valence-corrected chi connectivity index (χ2v) is 8.50. The van der Waals surface area contributed by atoms with E-state index in [0.29, 0.717) is 29.7 Å². The van der Waals surface area contributed by atoms with Crippen molar-refractivity contribution >= 4 is 41.5 Å². The average molecular weight is 568 g/mol. The Bertz CT molecular complexity index is 1070. The minimum absolute atomic E-state index is 0. The number of hydrogen-bond donors (Lipinski definition) is 2. The van der Waals surface area contributed by atoms with Crippen LogP contribution in [0, 0.1) is 0 Å². The summed E-state index contributed by atoms with van der Waals surface area (Å²) in [5.74, 6) is 2.74. The molecule has 0 saturated heterocycles. The molecule has 1 atom stereocenters. The van der Waals surface area contributed by atoms with Crippen molar-refractivity contribution in [1.29, 1.82) is 0 Å². The lowest BCUT2D eigenvalue weighted by Crippen LogP contribution is -2.45. The molecule has 1 aromatic heterocycles. The molecule has 4 rings (SSSR count). The molecule has 0 saturated carbocycles. The molecule has 2 heterocycles. The molecule has 2 aromatic carbocycles. The van der Waals surface area contributed by atoms with Gasteiger partial charge >= 0.3 is 0 Å². The smallest absolute Gasteiger partial charge is 0.228 e. The van der Waals surface area contributed by atoms with Crippen molar-refractivity contribution < 1.29 is 9.26 Å². The molecule has 0 spiro atoms. The van der Waals surface area contributed by atoms with Crippen LogP contribution >= 0.6 is 35.6 Å². The summed E-state index contributed by atoms with van der Waals surface area (Å²) < 4.78 is 11.5. The molecular weight excluding hydrogens is 541 g/mol. The molecule has 1 aliphatic rings. The van der Waals surface area contributed by atoms with Crippen LogP contribution in [0.2, 0.25) is 5.02 Å². The monoisotopic (exact) mass is 567 g/mol. The van der Waals surface area contributed by atoms with Gasteiger partial charge in [0.2, 0.25) is 11.7 Å². The van der Waals surface area contributed by atoms with Crippen LogP contribution in [0.25, 0.3) is 11.4 Å². The first-order valence-corrected chi connectivity index (χ1v) is 10.6. The lowest BCUT2D eigenvalue weighted by atomic mass is 9.90. The molecule has 1 aliphatic heterocycles. The van der Waals surface area contributed by atoms with Crippen LogP contribution in [0.3, 0.4) is 0 Å². The van der Waals surface area contributed by atoms with Crippen LogP contribution in [0.1, 0.15) is 37.8 Å². The molecule has 2 N–H and O–H groups in total. The van der Waals surface area contributed by atoms with Crippen LogP contribution in [0.4, 0.5) is 0 Å². The van der Waals surface area contributed by atoms with Crippen molar-refractivity contribution in [3.63, 3.8) is 0 Å². The summed E-state index contributed by atoms with van der Waals surface area (Å²) in [5.41, 5.74) is 1.74. The molecule has 3 aromatic rings. The fourth-order valence-corrected chi connectivity index (χ4v) is 3.78. The Kier molecular flexibility index (Phi) is 8.00. The zero-order valence-corrected chi connectivity index (χ0v) is 21.3. The number of aliphatic imine (C=N–C) groups is 1. The van der Waals surface area contributed by atoms with Crippen LogP contribution in [-0.4, -0.2) is 35.3 Å². The van der Waals surface area contributed by atoms with Gasteiger partial charge in [-0.15, -0.1) is 24.0 Å². The standard InChI is InChI=1S/C23H26ClN5O2.HI/c1-23(2)14-18(17-6-4-5-7-19(17)30-23)27-22(25-3)26-13-12-20-28-21(29-31-20)15-8-10-16(24)11-9-15;/h4-11,18H,12-14H2,1-3H3,(H2,25,26,27);1H. The predicted molar refractivity (Wildman–Crippen MR) is 137 cm³/mol. The van der Waals surface area contributed by atoms with E-state index in [1.807, 2.05) is 30.3 Å². The minimum Gasteiger partial charge on any atom is -0.487 e. The van der Waals surface area contributed by atoms with E-state index in [0.717, 1.165) is 29.3 Å². The number of aromatic nitrogens is 2. The highest BCUT2D eigenvalue weighted by Crippen LogP contribution is 2.39. The Morgan fingerprint density at radius 1 is 1.19 bits per heavy atom. The van der Waals surface area contributed by atoms with Crippen LogP contribution in [0.15, 0.2) is 58.0 Å².